The van der Waals surface area contributed by atoms with Crippen molar-refractivity contribution < 1.29 is 27.5 Å². The molecule has 0 aliphatic carbocycles. The molecule has 4 rings (SSSR count). The lowest BCUT2D eigenvalue weighted by molar-refractivity contribution is 0.0846. The van der Waals surface area contributed by atoms with Crippen molar-refractivity contribution in [3.63, 3.8) is 0 Å². The fourth-order valence-corrected chi connectivity index (χ4v) is 4.14. The highest BCUT2D eigenvalue weighted by atomic mass is 32.2. The van der Waals surface area contributed by atoms with E-state index in [0.29, 0.717) is 36.7 Å². The Morgan fingerprint density at radius 3 is 2.00 bits per heavy atom. The number of benzene rings is 3. The van der Waals surface area contributed by atoms with Crippen LogP contribution < -0.4 is 25.0 Å². The molecule has 0 unspecified atom stereocenters. The lowest BCUT2D eigenvalue weighted by Gasteiger charge is -2.12. The molecule has 1 heterocycles. The van der Waals surface area contributed by atoms with Crippen molar-refractivity contribution in [1.82, 2.24) is 10.9 Å². The van der Waals surface area contributed by atoms with E-state index in [1.807, 2.05) is 0 Å². The Kier molecular flexibility index (Phi) is 6.45. The van der Waals surface area contributed by atoms with Crippen LogP contribution in [0.5, 0.6) is 11.5 Å². The van der Waals surface area contributed by atoms with Gasteiger partial charge in [-0.1, -0.05) is 18.2 Å². The van der Waals surface area contributed by atoms with Crippen molar-refractivity contribution in [1.29, 1.82) is 0 Å². The third-order valence-electron chi connectivity index (χ3n) is 4.75. The summed E-state index contributed by atoms with van der Waals surface area (Å²) in [7, 11) is -3.89. The standard InChI is InChI=1S/C23H21N3O6S/c27-22(16-5-2-1-3-6-16)24-25-23(28)17-7-9-18(10-8-17)26-33(29,30)19-11-12-20-21(15-19)32-14-4-13-31-20/h1-3,5-12,15,26H,4,13-14H2,(H,24,27)(H,25,28). The van der Waals surface area contributed by atoms with Crippen LogP contribution in [0, 0.1) is 0 Å². The molecule has 0 saturated heterocycles. The topological polar surface area (TPSA) is 123 Å². The number of amides is 2. The monoisotopic (exact) mass is 467 g/mol. The van der Waals surface area contributed by atoms with E-state index in [9.17, 15) is 18.0 Å². The lowest BCUT2D eigenvalue weighted by atomic mass is 10.2. The van der Waals surface area contributed by atoms with E-state index in [1.165, 1.54) is 36.4 Å². The van der Waals surface area contributed by atoms with Crippen LogP contribution in [0.25, 0.3) is 0 Å². The van der Waals surface area contributed by atoms with E-state index in [-0.39, 0.29) is 16.1 Å². The first-order valence-corrected chi connectivity index (χ1v) is 11.6. The summed E-state index contributed by atoms with van der Waals surface area (Å²) < 4.78 is 39.1. The molecule has 3 aromatic rings. The van der Waals surface area contributed by atoms with Gasteiger partial charge in [0, 0.05) is 29.3 Å². The van der Waals surface area contributed by atoms with E-state index >= 15 is 0 Å². The number of carbonyl (C=O) groups is 2. The SMILES string of the molecule is O=C(NNC(=O)c1ccc(NS(=O)(=O)c2ccc3c(c2)OCCCO3)cc1)c1ccccc1. The second kappa shape index (κ2) is 9.61. The van der Waals surface area contributed by atoms with Crippen molar-refractivity contribution >= 4 is 27.5 Å². The van der Waals surface area contributed by atoms with Crippen molar-refractivity contribution in [2.24, 2.45) is 0 Å². The molecule has 0 atom stereocenters. The zero-order valence-electron chi connectivity index (χ0n) is 17.4. The van der Waals surface area contributed by atoms with Crippen LogP contribution in [-0.2, 0) is 10.0 Å². The van der Waals surface area contributed by atoms with Crippen molar-refractivity contribution in [3.05, 3.63) is 83.9 Å². The Hall–Kier alpha value is -4.05. The number of rotatable bonds is 5. The number of fused-ring (bicyclic) bond motifs is 1. The van der Waals surface area contributed by atoms with Crippen LogP contribution in [-0.4, -0.2) is 33.4 Å². The third-order valence-corrected chi connectivity index (χ3v) is 6.13. The van der Waals surface area contributed by atoms with Crippen LogP contribution in [0.3, 0.4) is 0 Å². The minimum absolute atomic E-state index is 0.0252. The van der Waals surface area contributed by atoms with Gasteiger partial charge in [-0.05, 0) is 48.5 Å². The summed E-state index contributed by atoms with van der Waals surface area (Å²) in [6.07, 6.45) is 0.713. The van der Waals surface area contributed by atoms with Crippen LogP contribution >= 0.6 is 0 Å². The molecule has 10 heteroatoms. The van der Waals surface area contributed by atoms with Crippen LogP contribution in [0.15, 0.2) is 77.7 Å². The van der Waals surface area contributed by atoms with E-state index in [1.54, 1.807) is 36.4 Å². The average molecular weight is 468 g/mol. The fraction of sp³-hybridized carbons (Fsp3) is 0.130. The van der Waals surface area contributed by atoms with Gasteiger partial charge in [0.2, 0.25) is 0 Å². The van der Waals surface area contributed by atoms with Crippen LogP contribution in [0.1, 0.15) is 27.1 Å². The molecule has 170 valence electrons. The van der Waals surface area contributed by atoms with E-state index in [4.69, 9.17) is 9.47 Å². The summed E-state index contributed by atoms with van der Waals surface area (Å²) in [6, 6.07) is 18.6. The van der Waals surface area contributed by atoms with Crippen LogP contribution in [0.4, 0.5) is 5.69 Å². The molecule has 9 nitrogen and oxygen atoms in total. The Balaban J connectivity index is 1.39. The second-order valence-corrected chi connectivity index (χ2v) is 8.80. The van der Waals surface area contributed by atoms with Gasteiger partial charge in [0.15, 0.2) is 11.5 Å². The summed E-state index contributed by atoms with van der Waals surface area (Å²) in [5.74, 6) is -0.124. The van der Waals surface area contributed by atoms with Gasteiger partial charge in [0.1, 0.15) is 0 Å². The van der Waals surface area contributed by atoms with E-state index in [2.05, 4.69) is 15.6 Å². The van der Waals surface area contributed by atoms with Gasteiger partial charge in [-0.25, -0.2) is 8.42 Å². The molecule has 33 heavy (non-hydrogen) atoms. The quantitative estimate of drug-likeness (QED) is 0.496. The Bertz CT molecular complexity index is 1260. The molecule has 0 spiro atoms. The summed E-state index contributed by atoms with van der Waals surface area (Å²) >= 11 is 0. The van der Waals surface area contributed by atoms with E-state index < -0.39 is 21.8 Å². The molecular formula is C23H21N3O6S. The number of hydrogen-bond acceptors (Lipinski definition) is 6. The Labute approximate surface area is 190 Å². The zero-order valence-corrected chi connectivity index (χ0v) is 18.2. The maximum absolute atomic E-state index is 12.8. The summed E-state index contributed by atoms with van der Waals surface area (Å²) in [6.45, 7) is 0.951. The molecule has 0 bridgehead atoms. The van der Waals surface area contributed by atoms with Gasteiger partial charge >= 0.3 is 0 Å². The van der Waals surface area contributed by atoms with Gasteiger partial charge in [-0.2, -0.15) is 0 Å². The summed E-state index contributed by atoms with van der Waals surface area (Å²) in [5.41, 5.74) is 5.56. The largest absolute Gasteiger partial charge is 0.490 e. The normalized spacial score (nSPS) is 12.8. The number of nitrogens with one attached hydrogen (secondary N) is 3. The number of hydrazine groups is 1. The molecule has 0 saturated carbocycles. The first-order chi connectivity index (χ1) is 15.9. The van der Waals surface area contributed by atoms with Gasteiger partial charge in [-0.15, -0.1) is 0 Å². The minimum atomic E-state index is -3.89. The molecule has 0 aromatic heterocycles. The van der Waals surface area contributed by atoms with Gasteiger partial charge in [0.25, 0.3) is 21.8 Å². The van der Waals surface area contributed by atoms with Gasteiger partial charge in [-0.3, -0.25) is 25.2 Å². The molecule has 0 fully saturated rings. The van der Waals surface area contributed by atoms with Gasteiger partial charge in [0.05, 0.1) is 18.1 Å². The van der Waals surface area contributed by atoms with Crippen molar-refractivity contribution in [2.45, 2.75) is 11.3 Å². The molecule has 1 aliphatic heterocycles. The molecule has 2 amide bonds. The predicted molar refractivity (Wildman–Crippen MR) is 121 cm³/mol. The number of hydrogen-bond donors (Lipinski definition) is 3. The highest BCUT2D eigenvalue weighted by Gasteiger charge is 2.19. The number of carbonyl (C=O) groups excluding carboxylic acids is 2. The number of anilines is 1. The average Bonchev–Trinajstić information content (AvgIpc) is 3.08. The van der Waals surface area contributed by atoms with E-state index in [0.717, 1.165) is 0 Å². The second-order valence-electron chi connectivity index (χ2n) is 7.12. The molecule has 3 aromatic carbocycles. The predicted octanol–water partition coefficient (Wildman–Crippen LogP) is 2.72. The highest BCUT2D eigenvalue weighted by molar-refractivity contribution is 7.92. The summed E-state index contributed by atoms with van der Waals surface area (Å²) in [5, 5.41) is 0. The minimum Gasteiger partial charge on any atom is -0.490 e. The van der Waals surface area contributed by atoms with Crippen molar-refractivity contribution in [2.75, 3.05) is 17.9 Å². The maximum Gasteiger partial charge on any atom is 0.269 e. The van der Waals surface area contributed by atoms with Crippen LogP contribution in [0.2, 0.25) is 0 Å². The van der Waals surface area contributed by atoms with Crippen molar-refractivity contribution in [3.8, 4) is 11.5 Å². The first kappa shape index (κ1) is 22.2. The smallest absolute Gasteiger partial charge is 0.269 e. The fourth-order valence-electron chi connectivity index (χ4n) is 3.06. The Morgan fingerprint density at radius 1 is 0.727 bits per heavy atom. The summed E-state index contributed by atoms with van der Waals surface area (Å²) in [4.78, 5) is 24.3. The number of ether oxygens (including phenoxy) is 2. The Morgan fingerprint density at radius 2 is 1.33 bits per heavy atom. The molecule has 3 N–H and O–H groups in total. The zero-order chi connectivity index (χ0) is 23.3. The number of sulfonamides is 1. The third kappa shape index (κ3) is 5.42. The van der Waals surface area contributed by atoms with Gasteiger partial charge < -0.3 is 9.47 Å². The lowest BCUT2D eigenvalue weighted by Crippen LogP contribution is -2.41. The highest BCUT2D eigenvalue weighted by Crippen LogP contribution is 2.32. The molecular weight excluding hydrogens is 446 g/mol. The molecule has 1 aliphatic rings. The molecule has 0 radical (unpaired) electrons. The first-order valence-electron chi connectivity index (χ1n) is 10.1. The maximum atomic E-state index is 12.8.